The predicted molar refractivity (Wildman–Crippen MR) is 61.1 cm³/mol. The Balaban J connectivity index is 2.50. The van der Waals surface area contributed by atoms with Crippen LogP contribution in [0.1, 0.15) is 40.0 Å². The minimum atomic E-state index is -0.522. The fourth-order valence-corrected chi connectivity index (χ4v) is 1.77. The molecule has 1 aliphatic rings. The molecule has 0 N–H and O–H groups in total. The Labute approximate surface area is 96.9 Å². The number of hydrogen-bond donors (Lipinski definition) is 0. The summed E-state index contributed by atoms with van der Waals surface area (Å²) in [5.41, 5.74) is -0.914. The number of carbonyl (C=O) groups excluding carboxylic acids is 2. The van der Waals surface area contributed by atoms with Crippen LogP contribution in [0, 0.1) is 0 Å². The second-order valence-electron chi connectivity index (χ2n) is 5.61. The van der Waals surface area contributed by atoms with Gasteiger partial charge in [-0.05, 0) is 47.7 Å². The van der Waals surface area contributed by atoms with Gasteiger partial charge in [0, 0.05) is 0 Å². The summed E-state index contributed by atoms with van der Waals surface area (Å²) in [4.78, 5) is 25.3. The molecular weight excluding hydrogens is 206 g/mol. The standard InChI is InChI=1S/C12H21NO3/c1-11(2,3)16-10(15)8-9(14)12(6-7-12)13(4)5/h6-8H2,1-5H3. The number of carbonyl (C=O) groups is 2. The van der Waals surface area contributed by atoms with E-state index >= 15 is 0 Å². The summed E-state index contributed by atoms with van der Waals surface area (Å²) >= 11 is 0. The lowest BCUT2D eigenvalue weighted by molar-refractivity contribution is -0.157. The molecule has 0 atom stereocenters. The van der Waals surface area contributed by atoms with E-state index in [2.05, 4.69) is 0 Å². The van der Waals surface area contributed by atoms with Gasteiger partial charge < -0.3 is 4.74 Å². The van der Waals surface area contributed by atoms with Crippen molar-refractivity contribution < 1.29 is 14.3 Å². The van der Waals surface area contributed by atoms with Crippen molar-refractivity contribution in [1.82, 2.24) is 4.90 Å². The zero-order chi connectivity index (χ0) is 12.6. The molecule has 1 saturated carbocycles. The maximum Gasteiger partial charge on any atom is 0.313 e. The van der Waals surface area contributed by atoms with Gasteiger partial charge in [0.1, 0.15) is 12.0 Å². The number of esters is 1. The second-order valence-corrected chi connectivity index (χ2v) is 5.61. The number of likely N-dealkylation sites (N-methyl/N-ethyl adjacent to an activating group) is 1. The maximum absolute atomic E-state index is 11.9. The van der Waals surface area contributed by atoms with Crippen molar-refractivity contribution in [2.45, 2.75) is 51.2 Å². The van der Waals surface area contributed by atoms with Crippen LogP contribution in [0.25, 0.3) is 0 Å². The van der Waals surface area contributed by atoms with Crippen LogP contribution >= 0.6 is 0 Å². The van der Waals surface area contributed by atoms with Crippen LogP contribution in [0.4, 0.5) is 0 Å². The van der Waals surface area contributed by atoms with E-state index in [0.29, 0.717) is 0 Å². The highest BCUT2D eigenvalue weighted by Crippen LogP contribution is 2.41. The zero-order valence-electron chi connectivity index (χ0n) is 10.8. The van der Waals surface area contributed by atoms with Gasteiger partial charge in [-0.25, -0.2) is 0 Å². The molecule has 16 heavy (non-hydrogen) atoms. The first kappa shape index (κ1) is 13.2. The molecule has 1 rings (SSSR count). The quantitative estimate of drug-likeness (QED) is 0.538. The highest BCUT2D eigenvalue weighted by atomic mass is 16.6. The third-order valence-corrected chi connectivity index (χ3v) is 2.82. The van der Waals surface area contributed by atoms with Crippen LogP contribution < -0.4 is 0 Å². The van der Waals surface area contributed by atoms with E-state index in [1.165, 1.54) is 0 Å². The van der Waals surface area contributed by atoms with Gasteiger partial charge in [-0.1, -0.05) is 0 Å². The van der Waals surface area contributed by atoms with Crippen molar-refractivity contribution in [1.29, 1.82) is 0 Å². The molecular formula is C12H21NO3. The minimum absolute atomic E-state index is 0.0215. The molecule has 0 spiro atoms. The van der Waals surface area contributed by atoms with Crippen molar-refractivity contribution >= 4 is 11.8 Å². The fourth-order valence-electron chi connectivity index (χ4n) is 1.77. The van der Waals surface area contributed by atoms with Gasteiger partial charge in [0.15, 0.2) is 5.78 Å². The highest BCUT2D eigenvalue weighted by Gasteiger charge is 2.51. The second kappa shape index (κ2) is 4.17. The van der Waals surface area contributed by atoms with Crippen molar-refractivity contribution in [3.63, 3.8) is 0 Å². The molecule has 0 aromatic rings. The van der Waals surface area contributed by atoms with E-state index in [9.17, 15) is 9.59 Å². The first-order chi connectivity index (χ1) is 7.17. The van der Waals surface area contributed by atoms with E-state index < -0.39 is 17.1 Å². The number of Topliss-reactive ketones (excluding diaryl/α,β-unsaturated/α-hetero) is 1. The first-order valence-electron chi connectivity index (χ1n) is 5.60. The lowest BCUT2D eigenvalue weighted by atomic mass is 10.1. The molecule has 0 bridgehead atoms. The van der Waals surface area contributed by atoms with Crippen LogP contribution in [0.15, 0.2) is 0 Å². The summed E-state index contributed by atoms with van der Waals surface area (Å²) < 4.78 is 5.13. The van der Waals surface area contributed by atoms with Gasteiger partial charge in [-0.15, -0.1) is 0 Å². The summed E-state index contributed by atoms with van der Waals surface area (Å²) in [6.07, 6.45) is 1.58. The van der Waals surface area contributed by atoms with Crippen LogP contribution in [-0.2, 0) is 14.3 Å². The molecule has 0 unspecified atom stereocenters. The monoisotopic (exact) mass is 227 g/mol. The Morgan fingerprint density at radius 1 is 1.25 bits per heavy atom. The van der Waals surface area contributed by atoms with E-state index in [0.717, 1.165) is 12.8 Å². The van der Waals surface area contributed by atoms with Gasteiger partial charge in [-0.3, -0.25) is 14.5 Å². The Hall–Kier alpha value is -0.900. The third-order valence-electron chi connectivity index (χ3n) is 2.82. The molecule has 0 radical (unpaired) electrons. The molecule has 0 saturated heterocycles. The fraction of sp³-hybridized carbons (Fsp3) is 0.833. The maximum atomic E-state index is 11.9. The largest absolute Gasteiger partial charge is 0.460 e. The van der Waals surface area contributed by atoms with E-state index in [1.54, 1.807) is 20.8 Å². The molecule has 1 fully saturated rings. The normalized spacial score (nSPS) is 18.4. The topological polar surface area (TPSA) is 46.6 Å². The first-order valence-corrected chi connectivity index (χ1v) is 5.60. The summed E-state index contributed by atoms with van der Waals surface area (Å²) in [6, 6.07) is 0. The van der Waals surface area contributed by atoms with E-state index in [1.807, 2.05) is 19.0 Å². The van der Waals surface area contributed by atoms with Crippen LogP contribution in [0.5, 0.6) is 0 Å². The molecule has 92 valence electrons. The summed E-state index contributed by atoms with van der Waals surface area (Å²) in [5, 5.41) is 0. The molecule has 0 aromatic carbocycles. The van der Waals surface area contributed by atoms with Crippen LogP contribution in [-0.4, -0.2) is 41.9 Å². The lowest BCUT2D eigenvalue weighted by Gasteiger charge is -2.23. The molecule has 0 aromatic heterocycles. The summed E-state index contributed by atoms with van der Waals surface area (Å²) in [6.45, 7) is 5.40. The van der Waals surface area contributed by atoms with Crippen molar-refractivity contribution in [2.75, 3.05) is 14.1 Å². The number of rotatable bonds is 4. The van der Waals surface area contributed by atoms with Gasteiger partial charge in [0.05, 0.1) is 5.54 Å². The molecule has 1 aliphatic carbocycles. The Morgan fingerprint density at radius 2 is 1.75 bits per heavy atom. The van der Waals surface area contributed by atoms with Crippen LogP contribution in [0.2, 0.25) is 0 Å². The molecule has 0 amide bonds. The third kappa shape index (κ3) is 3.04. The predicted octanol–water partition coefficient (Wildman–Crippen LogP) is 1.38. The van der Waals surface area contributed by atoms with Gasteiger partial charge in [-0.2, -0.15) is 0 Å². The number of ketones is 1. The van der Waals surface area contributed by atoms with Gasteiger partial charge in [0.25, 0.3) is 0 Å². The van der Waals surface area contributed by atoms with E-state index in [-0.39, 0.29) is 12.2 Å². The van der Waals surface area contributed by atoms with Crippen LogP contribution in [0.3, 0.4) is 0 Å². The Bertz CT molecular complexity index is 298. The number of hydrogen-bond acceptors (Lipinski definition) is 4. The van der Waals surface area contributed by atoms with E-state index in [4.69, 9.17) is 4.74 Å². The average Bonchev–Trinajstić information content (AvgIpc) is 2.78. The highest BCUT2D eigenvalue weighted by molar-refractivity contribution is 6.02. The average molecular weight is 227 g/mol. The SMILES string of the molecule is CN(C)C1(C(=O)CC(=O)OC(C)(C)C)CC1. The lowest BCUT2D eigenvalue weighted by Crippen LogP contribution is -2.40. The molecule has 0 heterocycles. The summed E-state index contributed by atoms with van der Waals surface area (Å²) in [7, 11) is 3.75. The van der Waals surface area contributed by atoms with Gasteiger partial charge in [0.2, 0.25) is 0 Å². The van der Waals surface area contributed by atoms with Gasteiger partial charge >= 0.3 is 5.97 Å². The molecule has 4 nitrogen and oxygen atoms in total. The smallest absolute Gasteiger partial charge is 0.313 e. The van der Waals surface area contributed by atoms with Crippen molar-refractivity contribution in [2.24, 2.45) is 0 Å². The van der Waals surface area contributed by atoms with Crippen molar-refractivity contribution in [3.8, 4) is 0 Å². The molecule has 0 aliphatic heterocycles. The Morgan fingerprint density at radius 3 is 2.06 bits per heavy atom. The number of nitrogens with zero attached hydrogens (tertiary/aromatic N) is 1. The minimum Gasteiger partial charge on any atom is -0.460 e. The van der Waals surface area contributed by atoms with Crippen molar-refractivity contribution in [3.05, 3.63) is 0 Å². The summed E-state index contributed by atoms with van der Waals surface area (Å²) in [5.74, 6) is -0.447. The Kier molecular flexibility index (Phi) is 3.43. The number of ether oxygens (including phenoxy) is 1. The zero-order valence-corrected chi connectivity index (χ0v) is 10.8. The molecule has 4 heteroatoms.